The van der Waals surface area contributed by atoms with Gasteiger partial charge in [-0.2, -0.15) is 0 Å². The van der Waals surface area contributed by atoms with Gasteiger partial charge in [0.2, 0.25) is 0 Å². The van der Waals surface area contributed by atoms with Gasteiger partial charge in [-0.15, -0.1) is 0 Å². The predicted octanol–water partition coefficient (Wildman–Crippen LogP) is 2.45. The topological polar surface area (TPSA) is 46.2 Å². The summed E-state index contributed by atoms with van der Waals surface area (Å²) in [7, 11) is 0. The van der Waals surface area contributed by atoms with Gasteiger partial charge in [-0.05, 0) is 44.9 Å². The van der Waals surface area contributed by atoms with Crippen LogP contribution in [0.15, 0.2) is 0 Å². The molecular formula is C12H25NO. The first-order valence-electron chi connectivity index (χ1n) is 5.92. The molecule has 0 saturated heterocycles. The van der Waals surface area contributed by atoms with Crippen molar-refractivity contribution < 1.29 is 5.11 Å². The summed E-state index contributed by atoms with van der Waals surface area (Å²) in [5, 5.41) is 10.5. The molecular weight excluding hydrogens is 174 g/mol. The number of hydrogen-bond donors (Lipinski definition) is 2. The molecule has 1 aliphatic rings. The monoisotopic (exact) mass is 199 g/mol. The molecule has 84 valence electrons. The maximum atomic E-state index is 10.5. The van der Waals surface area contributed by atoms with Gasteiger partial charge in [0.15, 0.2) is 0 Å². The summed E-state index contributed by atoms with van der Waals surface area (Å²) in [4.78, 5) is 0. The van der Waals surface area contributed by atoms with E-state index in [-0.39, 0.29) is 0 Å². The Balaban J connectivity index is 2.64. The van der Waals surface area contributed by atoms with Gasteiger partial charge in [0.1, 0.15) is 0 Å². The maximum Gasteiger partial charge on any atom is 0.0823 e. The van der Waals surface area contributed by atoms with Crippen LogP contribution in [0.3, 0.4) is 0 Å². The average molecular weight is 199 g/mol. The van der Waals surface area contributed by atoms with E-state index in [1.165, 1.54) is 0 Å². The zero-order valence-corrected chi connectivity index (χ0v) is 9.84. The fraction of sp³-hybridized carbons (Fsp3) is 1.00. The lowest BCUT2D eigenvalue weighted by Crippen LogP contribution is -2.59. The smallest absolute Gasteiger partial charge is 0.0823 e. The lowest BCUT2D eigenvalue weighted by Gasteiger charge is -2.46. The molecule has 1 rings (SSSR count). The van der Waals surface area contributed by atoms with Gasteiger partial charge >= 0.3 is 0 Å². The van der Waals surface area contributed by atoms with Crippen LogP contribution in [0.25, 0.3) is 0 Å². The summed E-state index contributed by atoms with van der Waals surface area (Å²) < 4.78 is 0. The van der Waals surface area contributed by atoms with Crippen LogP contribution >= 0.6 is 0 Å². The van der Waals surface area contributed by atoms with Crippen LogP contribution < -0.4 is 5.73 Å². The van der Waals surface area contributed by atoms with Crippen LogP contribution in [-0.4, -0.2) is 16.2 Å². The highest BCUT2D eigenvalue weighted by Gasteiger charge is 2.44. The standard InChI is InChI=1S/C12H25NO/c1-4-7-11(3,13)12(14)8-5-10(2)6-9-12/h10,14H,4-9,13H2,1-3H3. The second-order valence-corrected chi connectivity index (χ2v) is 5.38. The van der Waals surface area contributed by atoms with Crippen molar-refractivity contribution in [1.82, 2.24) is 0 Å². The van der Waals surface area contributed by atoms with Crippen molar-refractivity contribution in [3.8, 4) is 0 Å². The summed E-state index contributed by atoms with van der Waals surface area (Å²) in [6.45, 7) is 6.39. The fourth-order valence-electron chi connectivity index (χ4n) is 2.56. The van der Waals surface area contributed by atoms with Gasteiger partial charge in [-0.3, -0.25) is 0 Å². The van der Waals surface area contributed by atoms with Crippen molar-refractivity contribution in [2.75, 3.05) is 0 Å². The van der Waals surface area contributed by atoms with Crippen LogP contribution in [-0.2, 0) is 0 Å². The van der Waals surface area contributed by atoms with Crippen LogP contribution in [0, 0.1) is 5.92 Å². The molecule has 0 bridgehead atoms. The molecule has 1 saturated carbocycles. The van der Waals surface area contributed by atoms with E-state index in [1.807, 2.05) is 6.92 Å². The SMILES string of the molecule is CCCC(C)(N)C1(O)CCC(C)CC1. The van der Waals surface area contributed by atoms with Gasteiger partial charge in [-0.25, -0.2) is 0 Å². The fourth-order valence-corrected chi connectivity index (χ4v) is 2.56. The molecule has 0 aromatic heterocycles. The molecule has 3 N–H and O–H groups in total. The Kier molecular flexibility index (Phi) is 3.59. The van der Waals surface area contributed by atoms with Crippen LogP contribution in [0.2, 0.25) is 0 Å². The average Bonchev–Trinajstić information content (AvgIpc) is 2.10. The minimum absolute atomic E-state index is 0.401. The van der Waals surface area contributed by atoms with Gasteiger partial charge in [0.05, 0.1) is 5.60 Å². The molecule has 0 aromatic rings. The minimum Gasteiger partial charge on any atom is -0.388 e. The zero-order valence-electron chi connectivity index (χ0n) is 9.84. The molecule has 1 atom stereocenters. The van der Waals surface area contributed by atoms with Gasteiger partial charge in [0, 0.05) is 5.54 Å². The Bertz CT molecular complexity index is 181. The van der Waals surface area contributed by atoms with E-state index in [2.05, 4.69) is 13.8 Å². The quantitative estimate of drug-likeness (QED) is 0.733. The molecule has 1 fully saturated rings. The number of aliphatic hydroxyl groups is 1. The van der Waals surface area contributed by atoms with E-state index in [9.17, 15) is 5.11 Å². The van der Waals surface area contributed by atoms with Crippen molar-refractivity contribution in [3.63, 3.8) is 0 Å². The Labute approximate surface area is 87.9 Å². The van der Waals surface area contributed by atoms with E-state index in [4.69, 9.17) is 5.73 Å². The van der Waals surface area contributed by atoms with E-state index < -0.39 is 11.1 Å². The van der Waals surface area contributed by atoms with Crippen LogP contribution in [0.5, 0.6) is 0 Å². The summed E-state index contributed by atoms with van der Waals surface area (Å²) in [6.07, 6.45) is 5.95. The summed E-state index contributed by atoms with van der Waals surface area (Å²) in [6, 6.07) is 0. The van der Waals surface area contributed by atoms with Crippen molar-refractivity contribution in [2.24, 2.45) is 11.7 Å². The third-order valence-corrected chi connectivity index (χ3v) is 3.93. The summed E-state index contributed by atoms with van der Waals surface area (Å²) in [5.41, 5.74) is 5.22. The van der Waals surface area contributed by atoms with E-state index in [1.54, 1.807) is 0 Å². The van der Waals surface area contributed by atoms with Gasteiger partial charge in [0.25, 0.3) is 0 Å². The highest BCUT2D eigenvalue weighted by Crippen LogP contribution is 2.39. The largest absolute Gasteiger partial charge is 0.388 e. The first-order valence-corrected chi connectivity index (χ1v) is 5.92. The first kappa shape index (κ1) is 12.0. The molecule has 0 radical (unpaired) electrons. The molecule has 2 heteroatoms. The van der Waals surface area contributed by atoms with Crippen molar-refractivity contribution in [1.29, 1.82) is 0 Å². The first-order chi connectivity index (χ1) is 6.41. The highest BCUT2D eigenvalue weighted by molar-refractivity contribution is 5.02. The molecule has 1 aliphatic carbocycles. The third-order valence-electron chi connectivity index (χ3n) is 3.93. The molecule has 1 unspecified atom stereocenters. The lowest BCUT2D eigenvalue weighted by atomic mass is 9.68. The minimum atomic E-state index is -0.616. The molecule has 0 aromatic carbocycles. The van der Waals surface area contributed by atoms with Gasteiger partial charge < -0.3 is 10.8 Å². The Morgan fingerprint density at radius 3 is 2.36 bits per heavy atom. The highest BCUT2D eigenvalue weighted by atomic mass is 16.3. The third kappa shape index (κ3) is 2.29. The van der Waals surface area contributed by atoms with Crippen molar-refractivity contribution in [2.45, 2.75) is 70.4 Å². The second-order valence-electron chi connectivity index (χ2n) is 5.38. The predicted molar refractivity (Wildman–Crippen MR) is 60.1 cm³/mol. The maximum absolute atomic E-state index is 10.5. The number of nitrogens with two attached hydrogens (primary N) is 1. The second kappa shape index (κ2) is 4.19. The number of rotatable bonds is 3. The van der Waals surface area contributed by atoms with Crippen molar-refractivity contribution >= 4 is 0 Å². The zero-order chi connectivity index (χ0) is 10.8. The van der Waals surface area contributed by atoms with Crippen LogP contribution in [0.1, 0.15) is 59.3 Å². The Hall–Kier alpha value is -0.0800. The van der Waals surface area contributed by atoms with Crippen molar-refractivity contribution in [3.05, 3.63) is 0 Å². The summed E-state index contributed by atoms with van der Waals surface area (Å²) >= 11 is 0. The lowest BCUT2D eigenvalue weighted by molar-refractivity contribution is -0.0691. The molecule has 14 heavy (non-hydrogen) atoms. The normalized spacial score (nSPS) is 37.9. The van der Waals surface area contributed by atoms with Crippen LogP contribution in [0.4, 0.5) is 0 Å². The van der Waals surface area contributed by atoms with E-state index >= 15 is 0 Å². The van der Waals surface area contributed by atoms with E-state index in [0.29, 0.717) is 0 Å². The molecule has 2 nitrogen and oxygen atoms in total. The van der Waals surface area contributed by atoms with Gasteiger partial charge in [-0.1, -0.05) is 20.3 Å². The molecule has 0 spiro atoms. The Morgan fingerprint density at radius 2 is 1.93 bits per heavy atom. The Morgan fingerprint density at radius 1 is 1.43 bits per heavy atom. The number of hydrogen-bond acceptors (Lipinski definition) is 2. The van der Waals surface area contributed by atoms with E-state index in [0.717, 1.165) is 44.4 Å². The molecule has 0 heterocycles. The molecule has 0 amide bonds. The molecule has 0 aliphatic heterocycles. The summed E-state index contributed by atoms with van der Waals surface area (Å²) in [5.74, 6) is 0.757.